The predicted molar refractivity (Wildman–Crippen MR) is 56.7 cm³/mol. The van der Waals surface area contributed by atoms with Crippen LogP contribution in [0.3, 0.4) is 0 Å². The van der Waals surface area contributed by atoms with Crippen molar-refractivity contribution >= 4 is 8.56 Å². The molecule has 0 bridgehead atoms. The van der Waals surface area contributed by atoms with Crippen LogP contribution in [0.4, 0.5) is 0 Å². The van der Waals surface area contributed by atoms with E-state index in [0.717, 1.165) is 18.5 Å². The van der Waals surface area contributed by atoms with Crippen molar-refractivity contribution in [2.45, 2.75) is 31.5 Å². The first kappa shape index (κ1) is 13.1. The van der Waals surface area contributed by atoms with Crippen LogP contribution in [0.2, 0.25) is 12.1 Å². The van der Waals surface area contributed by atoms with Crippen LogP contribution in [0, 0.1) is 0 Å². The van der Waals surface area contributed by atoms with E-state index in [9.17, 15) is 0 Å². The fraction of sp³-hybridized carbons (Fsp3) is 1.00. The molecule has 0 aliphatic carbocycles. The molecule has 0 saturated heterocycles. The molecule has 0 spiro atoms. The fourth-order valence-corrected chi connectivity index (χ4v) is 3.85. The van der Waals surface area contributed by atoms with Crippen LogP contribution in [-0.2, 0) is 8.85 Å². The van der Waals surface area contributed by atoms with E-state index in [2.05, 4.69) is 0 Å². The Hall–Kier alpha value is 0.0569. The van der Waals surface area contributed by atoms with Gasteiger partial charge in [0.05, 0.1) is 0 Å². The van der Waals surface area contributed by atoms with Crippen LogP contribution in [0.1, 0.15) is 13.3 Å². The molecule has 1 atom stereocenters. The largest absolute Gasteiger partial charge is 0.398 e. The zero-order valence-corrected chi connectivity index (χ0v) is 9.88. The maximum Gasteiger partial charge on any atom is 0.338 e. The van der Waals surface area contributed by atoms with Crippen LogP contribution >= 0.6 is 0 Å². The molecule has 13 heavy (non-hydrogen) atoms. The minimum Gasteiger partial charge on any atom is -0.398 e. The van der Waals surface area contributed by atoms with Gasteiger partial charge in [0, 0.05) is 26.3 Å². The third-order valence-electron chi connectivity index (χ3n) is 2.25. The van der Waals surface area contributed by atoms with Gasteiger partial charge in [0.25, 0.3) is 0 Å². The van der Waals surface area contributed by atoms with E-state index in [-0.39, 0.29) is 6.04 Å². The molecule has 0 heterocycles. The summed E-state index contributed by atoms with van der Waals surface area (Å²) >= 11 is 0. The Kier molecular flexibility index (Phi) is 6.53. The Morgan fingerprint density at radius 1 is 1.23 bits per heavy atom. The maximum absolute atomic E-state index is 5.69. The maximum atomic E-state index is 5.69. The Morgan fingerprint density at radius 3 is 2.08 bits per heavy atom. The third kappa shape index (κ3) is 4.73. The second kappa shape index (κ2) is 6.50. The van der Waals surface area contributed by atoms with Crippen LogP contribution in [0.15, 0.2) is 0 Å². The molecule has 0 rings (SSSR count). The Balaban J connectivity index is 4.04. The highest BCUT2D eigenvalue weighted by molar-refractivity contribution is 6.67. The lowest BCUT2D eigenvalue weighted by Gasteiger charge is -2.27. The molecule has 4 N–H and O–H groups in total. The lowest BCUT2D eigenvalue weighted by atomic mass is 10.3. The Bertz CT molecular complexity index is 129. The van der Waals surface area contributed by atoms with Gasteiger partial charge in [-0.05, 0) is 25.9 Å². The summed E-state index contributed by atoms with van der Waals surface area (Å²) in [6.07, 6.45) is 0.938. The molecule has 0 aromatic rings. The first-order chi connectivity index (χ1) is 6.10. The molecule has 0 fully saturated rings. The van der Waals surface area contributed by atoms with Crippen molar-refractivity contribution in [3.05, 3.63) is 0 Å². The monoisotopic (exact) mass is 206 g/mol. The highest BCUT2D eigenvalue weighted by Crippen LogP contribution is 2.19. The van der Waals surface area contributed by atoms with Gasteiger partial charge in [0.1, 0.15) is 0 Å². The van der Waals surface area contributed by atoms with E-state index in [0.29, 0.717) is 6.54 Å². The van der Waals surface area contributed by atoms with E-state index in [1.165, 1.54) is 0 Å². The van der Waals surface area contributed by atoms with Crippen LogP contribution in [0.25, 0.3) is 0 Å². The first-order valence-electron chi connectivity index (χ1n) is 4.66. The second-order valence-electron chi connectivity index (χ2n) is 3.37. The normalized spacial score (nSPS) is 14.5. The van der Waals surface area contributed by atoms with E-state index in [1.807, 2.05) is 6.92 Å². The SMILES string of the molecule is CO[Si](CCN)(CCC(C)N)OC. The molecule has 0 aliphatic heterocycles. The van der Waals surface area contributed by atoms with Crippen molar-refractivity contribution in [1.82, 2.24) is 0 Å². The average Bonchev–Trinajstić information content (AvgIpc) is 2.12. The van der Waals surface area contributed by atoms with Crippen LogP contribution in [-0.4, -0.2) is 35.4 Å². The minimum atomic E-state index is -2.01. The lowest BCUT2D eigenvalue weighted by Crippen LogP contribution is -2.42. The molecule has 1 unspecified atom stereocenters. The molecular formula is C8H22N2O2Si. The molecule has 0 aliphatic rings. The van der Waals surface area contributed by atoms with Gasteiger partial charge in [0.2, 0.25) is 0 Å². The van der Waals surface area contributed by atoms with Gasteiger partial charge < -0.3 is 20.3 Å². The molecule has 0 saturated carbocycles. The zero-order valence-electron chi connectivity index (χ0n) is 8.88. The van der Waals surface area contributed by atoms with Gasteiger partial charge in [-0.1, -0.05) is 0 Å². The van der Waals surface area contributed by atoms with Gasteiger partial charge in [0.15, 0.2) is 0 Å². The van der Waals surface area contributed by atoms with Crippen LogP contribution in [0.5, 0.6) is 0 Å². The first-order valence-corrected chi connectivity index (χ1v) is 6.89. The molecule has 0 radical (unpaired) electrons. The summed E-state index contributed by atoms with van der Waals surface area (Å²) in [6.45, 7) is 2.61. The number of hydrogen-bond acceptors (Lipinski definition) is 4. The van der Waals surface area contributed by atoms with Crippen molar-refractivity contribution in [3.63, 3.8) is 0 Å². The number of nitrogens with two attached hydrogens (primary N) is 2. The van der Waals surface area contributed by atoms with Crippen molar-refractivity contribution in [3.8, 4) is 0 Å². The van der Waals surface area contributed by atoms with Gasteiger partial charge in [-0.15, -0.1) is 0 Å². The van der Waals surface area contributed by atoms with Gasteiger partial charge >= 0.3 is 8.56 Å². The quantitative estimate of drug-likeness (QED) is 0.592. The molecule has 0 aromatic heterocycles. The fourth-order valence-electron chi connectivity index (χ4n) is 1.28. The summed E-state index contributed by atoms with van der Waals surface area (Å²) in [5, 5.41) is 0. The third-order valence-corrected chi connectivity index (χ3v) is 5.84. The molecule has 5 heteroatoms. The smallest absolute Gasteiger partial charge is 0.338 e. The second-order valence-corrected chi connectivity index (χ2v) is 7.01. The standard InChI is InChI=1S/C8H22N2O2Si/c1-8(10)4-6-13(11-2,12-3)7-5-9/h8H,4-7,9-10H2,1-3H3. The summed E-state index contributed by atoms with van der Waals surface area (Å²) in [7, 11) is 1.39. The molecule has 0 aromatic carbocycles. The van der Waals surface area contributed by atoms with Crippen molar-refractivity contribution in [2.24, 2.45) is 11.5 Å². The summed E-state index contributed by atoms with van der Waals surface area (Å²) in [5.41, 5.74) is 11.2. The molecule has 4 nitrogen and oxygen atoms in total. The van der Waals surface area contributed by atoms with Gasteiger partial charge in [-0.25, -0.2) is 0 Å². The predicted octanol–water partition coefficient (Wildman–Crippen LogP) is 0.417. The molecular weight excluding hydrogens is 184 g/mol. The highest BCUT2D eigenvalue weighted by atomic mass is 28.4. The zero-order chi connectivity index (χ0) is 10.3. The van der Waals surface area contributed by atoms with E-state index >= 15 is 0 Å². The average molecular weight is 206 g/mol. The topological polar surface area (TPSA) is 70.5 Å². The van der Waals surface area contributed by atoms with Crippen molar-refractivity contribution < 1.29 is 8.85 Å². The Labute approximate surface area is 81.8 Å². The van der Waals surface area contributed by atoms with Crippen molar-refractivity contribution in [1.29, 1.82) is 0 Å². The van der Waals surface area contributed by atoms with E-state index in [1.54, 1.807) is 14.2 Å². The molecule has 80 valence electrons. The number of rotatable bonds is 7. The highest BCUT2D eigenvalue weighted by Gasteiger charge is 2.34. The van der Waals surface area contributed by atoms with Gasteiger partial charge in [-0.3, -0.25) is 0 Å². The molecule has 0 amide bonds. The summed E-state index contributed by atoms with van der Waals surface area (Å²) in [4.78, 5) is 0. The van der Waals surface area contributed by atoms with Crippen LogP contribution < -0.4 is 11.5 Å². The summed E-state index contributed by atoms with van der Waals surface area (Å²) in [6, 6.07) is 1.97. The summed E-state index contributed by atoms with van der Waals surface area (Å²) < 4.78 is 10.9. The Morgan fingerprint density at radius 2 is 1.77 bits per heavy atom. The lowest BCUT2D eigenvalue weighted by molar-refractivity contribution is 0.240. The van der Waals surface area contributed by atoms with Crippen molar-refractivity contribution in [2.75, 3.05) is 20.8 Å². The van der Waals surface area contributed by atoms with E-state index < -0.39 is 8.56 Å². The van der Waals surface area contributed by atoms with Gasteiger partial charge in [-0.2, -0.15) is 0 Å². The van der Waals surface area contributed by atoms with E-state index in [4.69, 9.17) is 20.3 Å². The number of hydrogen-bond donors (Lipinski definition) is 2. The minimum absolute atomic E-state index is 0.204. The summed E-state index contributed by atoms with van der Waals surface area (Å²) in [5.74, 6) is 0.